The van der Waals surface area contributed by atoms with Crippen molar-refractivity contribution in [1.29, 1.82) is 0 Å². The summed E-state index contributed by atoms with van der Waals surface area (Å²) in [7, 11) is 0. The van der Waals surface area contributed by atoms with Crippen LogP contribution >= 0.6 is 23.2 Å². The number of rotatable bonds is 10. The van der Waals surface area contributed by atoms with E-state index in [1.165, 1.54) is 12.3 Å². The molecule has 0 bridgehead atoms. The molecule has 5 heterocycles. The summed E-state index contributed by atoms with van der Waals surface area (Å²) in [6.45, 7) is 4.30. The summed E-state index contributed by atoms with van der Waals surface area (Å²) >= 11 is 13.4. The normalized spacial score (nSPS) is 12.9. The zero-order valence-corrected chi connectivity index (χ0v) is 35.3. The molecule has 1 fully saturated rings. The Balaban J connectivity index is 0.000000179. The SMILES string of the molecule is Cc1noc(-c2c(Cl)c3ccccc3n2-c2ccc(CN)cc2)n1.Cc1noc(-c2c(Cl)c3ccccc3n2-c2ccc(CNC(=O)C3(NC(=O)c4ccnc(F)c4)CC3)cc2)n1. The molecule has 0 saturated heterocycles. The van der Waals surface area contributed by atoms with Gasteiger partial charge in [0.1, 0.15) is 16.9 Å². The van der Waals surface area contributed by atoms with Crippen LogP contribution in [0.1, 0.15) is 46.0 Å². The molecule has 10 rings (SSSR count). The zero-order chi connectivity index (χ0) is 43.8. The summed E-state index contributed by atoms with van der Waals surface area (Å²) in [5.41, 5.74) is 11.7. The highest BCUT2D eigenvalue weighted by Gasteiger charge is 2.51. The Kier molecular flexibility index (Phi) is 11.1. The van der Waals surface area contributed by atoms with E-state index < -0.39 is 17.4 Å². The molecule has 63 heavy (non-hydrogen) atoms. The minimum absolute atomic E-state index is 0.116. The van der Waals surface area contributed by atoms with E-state index in [1.54, 1.807) is 13.8 Å². The highest BCUT2D eigenvalue weighted by molar-refractivity contribution is 6.39. The molecule has 4 N–H and O–H groups in total. The molecule has 1 saturated carbocycles. The van der Waals surface area contributed by atoms with E-state index in [2.05, 4.69) is 35.9 Å². The van der Waals surface area contributed by atoms with Gasteiger partial charge in [-0.3, -0.25) is 9.59 Å². The molecule has 5 aromatic heterocycles. The van der Waals surface area contributed by atoms with E-state index >= 15 is 0 Å². The topological polar surface area (TPSA) is 185 Å². The average Bonchev–Trinajstić information content (AvgIpc) is 3.51. The standard InChI is InChI=1S/C28H22ClFN6O3.C18H15ClN4O/c1-16-33-26(39-35-16)24-23(29)20-4-2-3-5-21(20)36(24)19-8-6-17(7-9-19)15-32-27(38)28(11-12-28)34-25(37)18-10-13-31-22(30)14-18;1-11-21-18(24-22-11)17-16(19)14-4-2-3-5-15(14)23(17)13-8-6-12(10-20)7-9-13/h2-10,13-14H,11-12,15H2,1H3,(H,32,38)(H,34,37);2-9H,10,20H2,1H3. The van der Waals surface area contributed by atoms with Crippen LogP contribution in [0.4, 0.5) is 4.39 Å². The summed E-state index contributed by atoms with van der Waals surface area (Å²) in [5, 5.41) is 16.3. The molecular weight excluding hydrogens is 846 g/mol. The van der Waals surface area contributed by atoms with E-state index in [-0.39, 0.29) is 18.0 Å². The quantitative estimate of drug-likeness (QED) is 0.112. The van der Waals surface area contributed by atoms with Gasteiger partial charge < -0.3 is 34.5 Å². The molecular formula is C46H37Cl2FN10O4. The number of nitrogens with two attached hydrogens (primary N) is 1. The lowest BCUT2D eigenvalue weighted by atomic mass is 10.1. The molecule has 14 nitrogen and oxygen atoms in total. The minimum atomic E-state index is -0.991. The summed E-state index contributed by atoms with van der Waals surface area (Å²) in [5.74, 6) is 0.227. The Labute approximate surface area is 368 Å². The highest BCUT2D eigenvalue weighted by atomic mass is 35.5. The van der Waals surface area contributed by atoms with Crippen LogP contribution in [0.2, 0.25) is 10.0 Å². The number of carbonyl (C=O) groups excluding carboxylic acids is 2. The van der Waals surface area contributed by atoms with Gasteiger partial charge in [0, 0.05) is 53.1 Å². The third-order valence-corrected chi connectivity index (χ3v) is 11.5. The van der Waals surface area contributed by atoms with Crippen molar-refractivity contribution < 1.29 is 23.0 Å². The predicted molar refractivity (Wildman–Crippen MR) is 236 cm³/mol. The number of hydrogen-bond donors (Lipinski definition) is 3. The monoisotopic (exact) mass is 882 g/mol. The van der Waals surface area contributed by atoms with Crippen molar-refractivity contribution in [1.82, 2.24) is 45.0 Å². The first-order chi connectivity index (χ1) is 30.5. The second-order valence-corrected chi connectivity index (χ2v) is 15.7. The van der Waals surface area contributed by atoms with Crippen molar-refractivity contribution in [3.05, 3.63) is 160 Å². The number of halogens is 3. The van der Waals surface area contributed by atoms with Crippen molar-refractivity contribution in [2.45, 2.75) is 45.3 Å². The van der Waals surface area contributed by atoms with E-state index in [1.807, 2.05) is 106 Å². The molecule has 0 atom stereocenters. The number of nitrogens with one attached hydrogen (secondary N) is 2. The Morgan fingerprint density at radius 2 is 1.25 bits per heavy atom. The second kappa shape index (κ2) is 16.9. The van der Waals surface area contributed by atoms with Crippen molar-refractivity contribution in [2.24, 2.45) is 5.73 Å². The van der Waals surface area contributed by atoms with Crippen molar-refractivity contribution in [3.8, 4) is 34.5 Å². The molecule has 316 valence electrons. The Morgan fingerprint density at radius 3 is 1.71 bits per heavy atom. The fraction of sp³-hybridized carbons (Fsp3) is 0.152. The Hall–Kier alpha value is -7.20. The second-order valence-electron chi connectivity index (χ2n) is 14.9. The van der Waals surface area contributed by atoms with Crippen molar-refractivity contribution in [3.63, 3.8) is 0 Å². The van der Waals surface area contributed by atoms with E-state index in [9.17, 15) is 14.0 Å². The van der Waals surface area contributed by atoms with Crippen LogP contribution in [0.25, 0.3) is 56.3 Å². The van der Waals surface area contributed by atoms with Crippen LogP contribution in [0.15, 0.2) is 124 Å². The molecule has 2 amide bonds. The number of amides is 2. The summed E-state index contributed by atoms with van der Waals surface area (Å²) in [6, 6.07) is 33.8. The lowest BCUT2D eigenvalue weighted by Crippen LogP contribution is -2.48. The smallest absolute Gasteiger partial charge is 0.276 e. The van der Waals surface area contributed by atoms with Gasteiger partial charge in [0.2, 0.25) is 11.9 Å². The fourth-order valence-electron chi connectivity index (χ4n) is 7.37. The average molecular weight is 884 g/mol. The van der Waals surface area contributed by atoms with Gasteiger partial charge in [0.25, 0.3) is 17.7 Å². The zero-order valence-electron chi connectivity index (χ0n) is 33.8. The number of pyridine rings is 1. The maximum Gasteiger partial charge on any atom is 0.276 e. The van der Waals surface area contributed by atoms with Gasteiger partial charge in [-0.1, -0.05) is 94.2 Å². The lowest BCUT2D eigenvalue weighted by Gasteiger charge is -2.17. The van der Waals surface area contributed by atoms with Gasteiger partial charge in [0.05, 0.1) is 21.1 Å². The van der Waals surface area contributed by atoms with Crippen molar-refractivity contribution >= 4 is 56.8 Å². The number of nitrogens with zero attached hydrogens (tertiary/aromatic N) is 7. The first-order valence-electron chi connectivity index (χ1n) is 19.8. The first-order valence-corrected chi connectivity index (χ1v) is 20.6. The molecule has 0 aliphatic heterocycles. The third-order valence-electron chi connectivity index (χ3n) is 10.7. The first kappa shape index (κ1) is 41.2. The molecule has 1 aliphatic rings. The number of benzene rings is 4. The largest absolute Gasteiger partial charge is 0.350 e. The summed E-state index contributed by atoms with van der Waals surface area (Å²) in [6.07, 6.45) is 2.23. The van der Waals surface area contributed by atoms with E-state index in [4.69, 9.17) is 38.0 Å². The molecule has 9 aromatic rings. The van der Waals surface area contributed by atoms with Crippen LogP contribution in [0.3, 0.4) is 0 Å². The van der Waals surface area contributed by atoms with Gasteiger partial charge in [-0.15, -0.1) is 0 Å². The van der Waals surface area contributed by atoms with E-state index in [0.29, 0.717) is 64.2 Å². The van der Waals surface area contributed by atoms with Crippen LogP contribution in [0.5, 0.6) is 0 Å². The summed E-state index contributed by atoms with van der Waals surface area (Å²) in [4.78, 5) is 37.6. The number of para-hydroxylation sites is 2. The van der Waals surface area contributed by atoms with Crippen molar-refractivity contribution in [2.75, 3.05) is 0 Å². The van der Waals surface area contributed by atoms with E-state index in [0.717, 1.165) is 50.4 Å². The van der Waals surface area contributed by atoms with Gasteiger partial charge in [-0.2, -0.15) is 14.4 Å². The molecule has 0 radical (unpaired) electrons. The van der Waals surface area contributed by atoms with Crippen LogP contribution in [-0.2, 0) is 17.9 Å². The van der Waals surface area contributed by atoms with Crippen LogP contribution < -0.4 is 16.4 Å². The Bertz CT molecular complexity index is 3150. The van der Waals surface area contributed by atoms with Gasteiger partial charge in [0.15, 0.2) is 11.6 Å². The number of aromatic nitrogens is 7. The number of aryl methyl sites for hydroxylation is 2. The summed E-state index contributed by atoms with van der Waals surface area (Å²) < 4.78 is 28.2. The highest BCUT2D eigenvalue weighted by Crippen LogP contribution is 2.41. The molecule has 0 unspecified atom stereocenters. The number of fused-ring (bicyclic) bond motifs is 2. The molecule has 17 heteroatoms. The fourth-order valence-corrected chi connectivity index (χ4v) is 8.02. The third kappa shape index (κ3) is 8.05. The minimum Gasteiger partial charge on any atom is -0.350 e. The number of hydrogen-bond acceptors (Lipinski definition) is 10. The molecule has 4 aromatic carbocycles. The maximum absolute atomic E-state index is 13.4. The van der Waals surface area contributed by atoms with Gasteiger partial charge >= 0.3 is 0 Å². The maximum atomic E-state index is 13.4. The molecule has 0 spiro atoms. The van der Waals surface area contributed by atoms with Crippen LogP contribution in [0, 0.1) is 19.8 Å². The lowest BCUT2D eigenvalue weighted by molar-refractivity contribution is -0.124. The van der Waals surface area contributed by atoms with Crippen LogP contribution in [-0.4, -0.2) is 51.8 Å². The number of carbonyl (C=O) groups is 2. The predicted octanol–water partition coefficient (Wildman–Crippen LogP) is 8.86. The van der Waals surface area contributed by atoms with Gasteiger partial charge in [-0.05, 0) is 80.3 Å². The van der Waals surface area contributed by atoms with Gasteiger partial charge in [-0.25, -0.2) is 4.98 Å². The Morgan fingerprint density at radius 1 is 0.746 bits per heavy atom. The molecule has 1 aliphatic carbocycles.